The van der Waals surface area contributed by atoms with Gasteiger partial charge in [-0.05, 0) is 25.8 Å². The Morgan fingerprint density at radius 3 is 2.62 bits per heavy atom. The van der Waals surface area contributed by atoms with Gasteiger partial charge in [-0.15, -0.1) is 0 Å². The smallest absolute Gasteiger partial charge is 0.338 e. The van der Waals surface area contributed by atoms with Crippen molar-refractivity contribution in [2.45, 2.75) is 25.3 Å². The molecule has 21 heavy (non-hydrogen) atoms. The van der Waals surface area contributed by atoms with Crippen LogP contribution in [-0.2, 0) is 4.74 Å². The van der Waals surface area contributed by atoms with Crippen molar-refractivity contribution in [3.63, 3.8) is 0 Å². The first-order valence-corrected chi connectivity index (χ1v) is 6.39. The van der Waals surface area contributed by atoms with Crippen LogP contribution < -0.4 is 5.32 Å². The molecular formula is C13H15FN2O5. The van der Waals surface area contributed by atoms with Gasteiger partial charge in [0.15, 0.2) is 0 Å². The Balaban J connectivity index is 2.42. The Bertz CT molecular complexity index is 584. The summed E-state index contributed by atoms with van der Waals surface area (Å²) in [5.74, 6) is -2.60. The molecule has 1 saturated heterocycles. The minimum absolute atomic E-state index is 0.00296. The van der Waals surface area contributed by atoms with Crippen LogP contribution in [0.2, 0.25) is 0 Å². The third-order valence-corrected chi connectivity index (χ3v) is 3.55. The number of halogens is 1. The molecule has 0 amide bonds. The molecule has 2 N–H and O–H groups in total. The normalized spacial score (nSPS) is 17.2. The molecule has 0 atom stereocenters. The number of benzene rings is 1. The lowest BCUT2D eigenvalue weighted by Crippen LogP contribution is -2.40. The number of carboxylic acid groups (broad SMARTS) is 1. The van der Waals surface area contributed by atoms with Gasteiger partial charge in [-0.3, -0.25) is 10.1 Å². The minimum Gasteiger partial charge on any atom is -0.478 e. The Hall–Kier alpha value is -2.22. The van der Waals surface area contributed by atoms with Crippen LogP contribution in [0, 0.1) is 15.9 Å². The van der Waals surface area contributed by atoms with Crippen molar-refractivity contribution < 1.29 is 24.0 Å². The third kappa shape index (κ3) is 3.27. The average molecular weight is 298 g/mol. The van der Waals surface area contributed by atoms with Gasteiger partial charge in [0, 0.05) is 18.8 Å². The topological polar surface area (TPSA) is 102 Å². The highest BCUT2D eigenvalue weighted by molar-refractivity contribution is 5.90. The standard InChI is InChI=1S/C13H15FN2O5/c1-13(2-4-21-5-3-13)15-10-6-8(12(17)18)9(14)7-11(10)16(19)20/h6-7,15H,2-5H2,1H3,(H,17,18). The summed E-state index contributed by atoms with van der Waals surface area (Å²) in [5, 5.41) is 22.9. The number of nitro groups is 1. The van der Waals surface area contributed by atoms with E-state index in [0.717, 1.165) is 6.07 Å². The molecular weight excluding hydrogens is 283 g/mol. The molecule has 1 aliphatic heterocycles. The predicted octanol–water partition coefficient (Wildman–Crippen LogP) is 2.41. The van der Waals surface area contributed by atoms with E-state index in [4.69, 9.17) is 9.84 Å². The van der Waals surface area contributed by atoms with Gasteiger partial charge in [0.25, 0.3) is 5.69 Å². The van der Waals surface area contributed by atoms with Gasteiger partial charge in [0.1, 0.15) is 11.5 Å². The predicted molar refractivity (Wildman–Crippen MR) is 72.1 cm³/mol. The molecule has 0 aromatic heterocycles. The fourth-order valence-corrected chi connectivity index (χ4v) is 2.25. The summed E-state index contributed by atoms with van der Waals surface area (Å²) in [6.07, 6.45) is 1.23. The summed E-state index contributed by atoms with van der Waals surface area (Å²) in [4.78, 5) is 21.3. The summed E-state index contributed by atoms with van der Waals surface area (Å²) < 4.78 is 18.8. The maximum Gasteiger partial charge on any atom is 0.338 e. The molecule has 0 aliphatic carbocycles. The molecule has 1 fully saturated rings. The van der Waals surface area contributed by atoms with Crippen LogP contribution in [0.15, 0.2) is 12.1 Å². The Morgan fingerprint density at radius 2 is 2.10 bits per heavy atom. The van der Waals surface area contributed by atoms with Crippen molar-refractivity contribution in [2.24, 2.45) is 0 Å². The molecule has 1 aliphatic rings. The molecule has 0 saturated carbocycles. The van der Waals surface area contributed by atoms with E-state index in [1.54, 1.807) is 0 Å². The fourth-order valence-electron chi connectivity index (χ4n) is 2.25. The number of hydrogen-bond acceptors (Lipinski definition) is 5. The number of rotatable bonds is 4. The van der Waals surface area contributed by atoms with Gasteiger partial charge in [0.2, 0.25) is 0 Å². The van der Waals surface area contributed by atoms with Crippen molar-refractivity contribution in [2.75, 3.05) is 18.5 Å². The average Bonchev–Trinajstić information content (AvgIpc) is 2.40. The maximum absolute atomic E-state index is 13.6. The van der Waals surface area contributed by atoms with E-state index < -0.39 is 33.5 Å². The van der Waals surface area contributed by atoms with Gasteiger partial charge < -0.3 is 15.2 Å². The third-order valence-electron chi connectivity index (χ3n) is 3.55. The van der Waals surface area contributed by atoms with Crippen LogP contribution in [0.5, 0.6) is 0 Å². The van der Waals surface area contributed by atoms with Crippen molar-refractivity contribution >= 4 is 17.3 Å². The first-order valence-electron chi connectivity index (χ1n) is 6.39. The molecule has 1 heterocycles. The van der Waals surface area contributed by atoms with Gasteiger partial charge >= 0.3 is 5.97 Å². The number of nitro benzene ring substituents is 1. The van der Waals surface area contributed by atoms with Gasteiger partial charge in [0.05, 0.1) is 16.6 Å². The quantitative estimate of drug-likeness (QED) is 0.653. The van der Waals surface area contributed by atoms with E-state index in [1.807, 2.05) is 6.92 Å². The van der Waals surface area contributed by atoms with E-state index >= 15 is 0 Å². The molecule has 114 valence electrons. The summed E-state index contributed by atoms with van der Waals surface area (Å²) in [7, 11) is 0. The highest BCUT2D eigenvalue weighted by Crippen LogP contribution is 2.33. The lowest BCUT2D eigenvalue weighted by Gasteiger charge is -2.35. The molecule has 1 aromatic carbocycles. The monoisotopic (exact) mass is 298 g/mol. The summed E-state index contributed by atoms with van der Waals surface area (Å²) >= 11 is 0. The Morgan fingerprint density at radius 1 is 1.48 bits per heavy atom. The van der Waals surface area contributed by atoms with E-state index in [9.17, 15) is 19.3 Å². The van der Waals surface area contributed by atoms with E-state index in [1.165, 1.54) is 0 Å². The first kappa shape index (κ1) is 15.2. The zero-order chi connectivity index (χ0) is 15.6. The SMILES string of the molecule is CC1(Nc2cc(C(=O)O)c(F)cc2[N+](=O)[O-])CCOCC1. The first-order chi connectivity index (χ1) is 9.82. The van der Waals surface area contributed by atoms with Crippen molar-refractivity contribution in [3.8, 4) is 0 Å². The number of aromatic carboxylic acids is 1. The largest absolute Gasteiger partial charge is 0.478 e. The van der Waals surface area contributed by atoms with Gasteiger partial charge in [-0.2, -0.15) is 0 Å². The zero-order valence-electron chi connectivity index (χ0n) is 11.4. The van der Waals surface area contributed by atoms with Crippen LogP contribution in [0.4, 0.5) is 15.8 Å². The lowest BCUT2D eigenvalue weighted by molar-refractivity contribution is -0.384. The number of ether oxygens (including phenoxy) is 1. The Kier molecular flexibility index (Phi) is 4.08. The van der Waals surface area contributed by atoms with Crippen LogP contribution in [0.25, 0.3) is 0 Å². The zero-order valence-corrected chi connectivity index (χ0v) is 11.4. The second-order valence-electron chi connectivity index (χ2n) is 5.21. The van der Waals surface area contributed by atoms with Gasteiger partial charge in [-0.1, -0.05) is 0 Å². The molecule has 0 radical (unpaired) electrons. The van der Waals surface area contributed by atoms with E-state index in [-0.39, 0.29) is 5.69 Å². The number of carboxylic acids is 1. The highest BCUT2D eigenvalue weighted by atomic mass is 19.1. The van der Waals surface area contributed by atoms with Crippen LogP contribution >= 0.6 is 0 Å². The van der Waals surface area contributed by atoms with Crippen LogP contribution in [-0.4, -0.2) is 34.8 Å². The fraction of sp³-hybridized carbons (Fsp3) is 0.462. The molecule has 8 heteroatoms. The second kappa shape index (κ2) is 5.65. The van der Waals surface area contributed by atoms with Crippen molar-refractivity contribution in [1.82, 2.24) is 0 Å². The lowest BCUT2D eigenvalue weighted by atomic mass is 9.92. The molecule has 2 rings (SSSR count). The minimum atomic E-state index is -1.47. The highest BCUT2D eigenvalue weighted by Gasteiger charge is 2.31. The molecule has 1 aromatic rings. The molecule has 0 spiro atoms. The van der Waals surface area contributed by atoms with Crippen molar-refractivity contribution in [3.05, 3.63) is 33.6 Å². The Labute approximate surface area is 119 Å². The van der Waals surface area contributed by atoms with Crippen LogP contribution in [0.1, 0.15) is 30.1 Å². The number of nitrogens with one attached hydrogen (secondary N) is 1. The van der Waals surface area contributed by atoms with E-state index in [0.29, 0.717) is 32.1 Å². The molecule has 0 bridgehead atoms. The maximum atomic E-state index is 13.6. The second-order valence-corrected chi connectivity index (χ2v) is 5.21. The van der Waals surface area contributed by atoms with Gasteiger partial charge in [-0.25, -0.2) is 9.18 Å². The summed E-state index contributed by atoms with van der Waals surface area (Å²) in [5.41, 5.74) is -1.54. The van der Waals surface area contributed by atoms with Crippen molar-refractivity contribution in [1.29, 1.82) is 0 Å². The van der Waals surface area contributed by atoms with Crippen LogP contribution in [0.3, 0.4) is 0 Å². The molecule has 7 nitrogen and oxygen atoms in total. The number of nitrogens with zero attached hydrogens (tertiary/aromatic N) is 1. The summed E-state index contributed by atoms with van der Waals surface area (Å²) in [6.45, 7) is 2.87. The number of anilines is 1. The summed E-state index contributed by atoms with van der Waals surface area (Å²) in [6, 6.07) is 1.60. The number of hydrogen-bond donors (Lipinski definition) is 2. The number of carbonyl (C=O) groups is 1. The molecule has 0 unspecified atom stereocenters. The van der Waals surface area contributed by atoms with E-state index in [2.05, 4.69) is 5.32 Å².